The molecule has 1 amide bonds. The molecule has 1 aliphatic heterocycles. The molecule has 0 bridgehead atoms. The summed E-state index contributed by atoms with van der Waals surface area (Å²) in [4.78, 5) is 14.7. The standard InChI is InChI=1S/C25H29N3O2/c1-19(22-8-10-24(30-2)11-9-22)27-25(29)23(17-26)18-28-14-12-21(13-15-28)16-20-6-4-3-5-7-20/h3-11,18-19,21H,12-16H2,1-2H3,(H,27,29)/b23-18-. The van der Waals surface area contributed by atoms with Gasteiger partial charge in [0.1, 0.15) is 17.4 Å². The monoisotopic (exact) mass is 403 g/mol. The van der Waals surface area contributed by atoms with Gasteiger partial charge in [-0.25, -0.2) is 0 Å². The molecule has 5 heteroatoms. The zero-order valence-corrected chi connectivity index (χ0v) is 17.7. The lowest BCUT2D eigenvalue weighted by atomic mass is 9.90. The average Bonchev–Trinajstić information content (AvgIpc) is 2.79. The summed E-state index contributed by atoms with van der Waals surface area (Å²) in [5, 5.41) is 12.4. The lowest BCUT2D eigenvalue weighted by molar-refractivity contribution is -0.117. The second-order valence-electron chi connectivity index (χ2n) is 7.79. The Bertz CT molecular complexity index is 892. The van der Waals surface area contributed by atoms with E-state index in [1.807, 2.05) is 37.3 Å². The molecule has 1 N–H and O–H groups in total. The van der Waals surface area contributed by atoms with E-state index in [-0.39, 0.29) is 17.5 Å². The van der Waals surface area contributed by atoms with E-state index < -0.39 is 0 Å². The number of methoxy groups -OCH3 is 1. The Hall–Kier alpha value is -3.26. The van der Waals surface area contributed by atoms with Crippen molar-refractivity contribution in [3.05, 3.63) is 77.5 Å². The van der Waals surface area contributed by atoms with Gasteiger partial charge in [0.15, 0.2) is 0 Å². The molecule has 1 heterocycles. The minimum absolute atomic E-state index is 0.150. The molecule has 0 spiro atoms. The van der Waals surface area contributed by atoms with Gasteiger partial charge in [-0.2, -0.15) is 5.26 Å². The number of piperidine rings is 1. The molecule has 1 aliphatic rings. The molecule has 1 unspecified atom stereocenters. The van der Waals surface area contributed by atoms with Gasteiger partial charge in [0.25, 0.3) is 5.91 Å². The summed E-state index contributed by atoms with van der Waals surface area (Å²) in [6, 6.07) is 20.0. The molecule has 1 saturated heterocycles. The van der Waals surface area contributed by atoms with E-state index in [0.29, 0.717) is 5.92 Å². The van der Waals surface area contributed by atoms with Gasteiger partial charge >= 0.3 is 0 Å². The molecular formula is C25H29N3O2. The van der Waals surface area contributed by atoms with Crippen molar-refractivity contribution in [3.8, 4) is 11.8 Å². The fourth-order valence-corrected chi connectivity index (χ4v) is 3.80. The van der Waals surface area contributed by atoms with E-state index in [4.69, 9.17) is 4.74 Å². The molecule has 30 heavy (non-hydrogen) atoms. The van der Waals surface area contributed by atoms with Crippen molar-refractivity contribution in [1.82, 2.24) is 10.2 Å². The number of carbonyl (C=O) groups is 1. The molecule has 2 aromatic carbocycles. The third-order valence-electron chi connectivity index (χ3n) is 5.66. The van der Waals surface area contributed by atoms with Crippen molar-refractivity contribution in [2.45, 2.75) is 32.2 Å². The first-order chi connectivity index (χ1) is 14.6. The molecule has 0 aliphatic carbocycles. The molecule has 0 aromatic heterocycles. The van der Waals surface area contributed by atoms with Gasteiger partial charge in [0.05, 0.1) is 13.2 Å². The predicted octanol–water partition coefficient (Wildman–Crippen LogP) is 4.23. The first-order valence-corrected chi connectivity index (χ1v) is 10.4. The van der Waals surface area contributed by atoms with Crippen molar-refractivity contribution >= 4 is 5.91 Å². The van der Waals surface area contributed by atoms with E-state index in [1.54, 1.807) is 13.3 Å². The van der Waals surface area contributed by atoms with Crippen LogP contribution in [0.25, 0.3) is 0 Å². The van der Waals surface area contributed by atoms with Crippen molar-refractivity contribution in [3.63, 3.8) is 0 Å². The first-order valence-electron chi connectivity index (χ1n) is 10.4. The Morgan fingerprint density at radius 1 is 1.20 bits per heavy atom. The molecule has 156 valence electrons. The quantitative estimate of drug-likeness (QED) is 0.555. The number of benzene rings is 2. The van der Waals surface area contributed by atoms with Gasteiger partial charge in [-0.1, -0.05) is 42.5 Å². The molecule has 5 nitrogen and oxygen atoms in total. The first kappa shape index (κ1) is 21.4. The van der Waals surface area contributed by atoms with Crippen molar-refractivity contribution in [2.75, 3.05) is 20.2 Å². The van der Waals surface area contributed by atoms with E-state index >= 15 is 0 Å². The van der Waals surface area contributed by atoms with Crippen molar-refractivity contribution in [2.24, 2.45) is 5.92 Å². The van der Waals surface area contributed by atoms with E-state index in [1.165, 1.54) is 5.56 Å². The smallest absolute Gasteiger partial charge is 0.263 e. The number of rotatable bonds is 7. The molecule has 1 fully saturated rings. The Kier molecular flexibility index (Phi) is 7.51. The van der Waals surface area contributed by atoms with Gasteiger partial charge < -0.3 is 15.0 Å². The summed E-state index contributed by atoms with van der Waals surface area (Å²) < 4.78 is 5.17. The van der Waals surface area contributed by atoms with Crippen LogP contribution in [0, 0.1) is 17.2 Å². The van der Waals surface area contributed by atoms with Crippen molar-refractivity contribution < 1.29 is 9.53 Å². The van der Waals surface area contributed by atoms with Crippen LogP contribution < -0.4 is 10.1 Å². The Balaban J connectivity index is 1.53. The number of nitriles is 1. The van der Waals surface area contributed by atoms with Gasteiger partial charge in [-0.3, -0.25) is 4.79 Å². The van der Waals surface area contributed by atoms with Gasteiger partial charge in [-0.15, -0.1) is 0 Å². The summed E-state index contributed by atoms with van der Waals surface area (Å²) in [6.45, 7) is 3.64. The van der Waals surface area contributed by atoms with Crippen LogP contribution in [-0.4, -0.2) is 31.0 Å². The second kappa shape index (κ2) is 10.5. The van der Waals surface area contributed by atoms with Crippen LogP contribution in [0.2, 0.25) is 0 Å². The summed E-state index contributed by atoms with van der Waals surface area (Å²) in [7, 11) is 1.62. The highest BCUT2D eigenvalue weighted by Crippen LogP contribution is 2.22. The largest absolute Gasteiger partial charge is 0.497 e. The Morgan fingerprint density at radius 2 is 1.87 bits per heavy atom. The zero-order valence-electron chi connectivity index (χ0n) is 17.7. The maximum Gasteiger partial charge on any atom is 0.263 e. The fraction of sp³-hybridized carbons (Fsp3) is 0.360. The summed E-state index contributed by atoms with van der Waals surface area (Å²) in [5.41, 5.74) is 2.48. The highest BCUT2D eigenvalue weighted by atomic mass is 16.5. The van der Waals surface area contributed by atoms with Gasteiger partial charge in [-0.05, 0) is 55.4 Å². The van der Waals surface area contributed by atoms with Crippen LogP contribution in [0.3, 0.4) is 0 Å². The highest BCUT2D eigenvalue weighted by molar-refractivity contribution is 5.97. The number of carbonyl (C=O) groups excluding carboxylic acids is 1. The van der Waals surface area contributed by atoms with Gasteiger partial charge in [0.2, 0.25) is 0 Å². The third-order valence-corrected chi connectivity index (χ3v) is 5.66. The van der Waals surface area contributed by atoms with Crippen LogP contribution in [-0.2, 0) is 11.2 Å². The molecule has 0 radical (unpaired) electrons. The predicted molar refractivity (Wildman–Crippen MR) is 118 cm³/mol. The normalized spacial score (nSPS) is 15.9. The number of nitrogens with one attached hydrogen (secondary N) is 1. The maximum atomic E-state index is 12.6. The molecule has 0 saturated carbocycles. The lowest BCUT2D eigenvalue weighted by Crippen LogP contribution is -2.33. The highest BCUT2D eigenvalue weighted by Gasteiger charge is 2.20. The summed E-state index contributed by atoms with van der Waals surface area (Å²) in [6.07, 6.45) is 4.93. The number of nitrogens with zero attached hydrogens (tertiary/aromatic N) is 2. The van der Waals surface area contributed by atoms with E-state index in [9.17, 15) is 10.1 Å². The van der Waals surface area contributed by atoms with Crippen LogP contribution in [0.1, 0.15) is 36.9 Å². The number of likely N-dealkylation sites (tertiary alicyclic amines) is 1. The third kappa shape index (κ3) is 5.87. The van der Waals surface area contributed by atoms with Crippen LogP contribution >= 0.6 is 0 Å². The number of amides is 1. The number of hydrogen-bond donors (Lipinski definition) is 1. The number of ether oxygens (including phenoxy) is 1. The average molecular weight is 404 g/mol. The van der Waals surface area contributed by atoms with Crippen LogP contribution in [0.5, 0.6) is 5.75 Å². The minimum Gasteiger partial charge on any atom is -0.497 e. The van der Waals surface area contributed by atoms with E-state index in [0.717, 1.165) is 43.7 Å². The molecule has 3 rings (SSSR count). The van der Waals surface area contributed by atoms with Crippen LogP contribution in [0.4, 0.5) is 0 Å². The van der Waals surface area contributed by atoms with Crippen LogP contribution in [0.15, 0.2) is 66.4 Å². The summed E-state index contributed by atoms with van der Waals surface area (Å²) in [5.74, 6) is 1.07. The molecular weight excluding hydrogens is 374 g/mol. The SMILES string of the molecule is COc1ccc(C(C)NC(=O)/C(C#N)=C\N2CCC(Cc3ccccc3)CC2)cc1. The number of hydrogen-bond acceptors (Lipinski definition) is 4. The molecule has 1 atom stereocenters. The maximum absolute atomic E-state index is 12.6. The van der Waals surface area contributed by atoms with E-state index in [2.05, 4.69) is 40.6 Å². The summed E-state index contributed by atoms with van der Waals surface area (Å²) >= 11 is 0. The lowest BCUT2D eigenvalue weighted by Gasteiger charge is -2.31. The zero-order chi connectivity index (χ0) is 21.3. The fourth-order valence-electron chi connectivity index (χ4n) is 3.80. The van der Waals surface area contributed by atoms with Gasteiger partial charge in [0, 0.05) is 19.3 Å². The topological polar surface area (TPSA) is 65.4 Å². The second-order valence-corrected chi connectivity index (χ2v) is 7.79. The minimum atomic E-state index is -0.341. The Morgan fingerprint density at radius 3 is 2.47 bits per heavy atom. The Labute approximate surface area is 179 Å². The van der Waals surface area contributed by atoms with Crippen molar-refractivity contribution in [1.29, 1.82) is 5.26 Å². The molecule has 2 aromatic rings.